The molecule has 1 saturated heterocycles. The Labute approximate surface area is 110 Å². The van der Waals surface area contributed by atoms with Crippen LogP contribution in [0.4, 0.5) is 5.69 Å². The lowest BCUT2D eigenvalue weighted by Gasteiger charge is -2.22. The van der Waals surface area contributed by atoms with Crippen LogP contribution in [0.5, 0.6) is 0 Å². The zero-order chi connectivity index (χ0) is 14.0. The van der Waals surface area contributed by atoms with Gasteiger partial charge < -0.3 is 15.3 Å². The summed E-state index contributed by atoms with van der Waals surface area (Å²) in [5.74, 6) is -1.55. The van der Waals surface area contributed by atoms with E-state index in [4.69, 9.17) is 5.11 Å². The van der Waals surface area contributed by atoms with Crippen LogP contribution in [-0.2, 0) is 9.59 Å². The average molecular weight is 262 g/mol. The summed E-state index contributed by atoms with van der Waals surface area (Å²) in [6.45, 7) is 0. The van der Waals surface area contributed by atoms with Crippen molar-refractivity contribution in [1.82, 2.24) is 5.32 Å². The molecule has 100 valence electrons. The molecule has 1 aromatic rings. The number of anilines is 1. The molecule has 0 spiro atoms. The molecule has 0 unspecified atom stereocenters. The van der Waals surface area contributed by atoms with Crippen molar-refractivity contribution < 1.29 is 19.5 Å². The van der Waals surface area contributed by atoms with Gasteiger partial charge in [0.25, 0.3) is 0 Å². The molecule has 1 aromatic carbocycles. The van der Waals surface area contributed by atoms with Crippen molar-refractivity contribution in [1.29, 1.82) is 0 Å². The summed E-state index contributed by atoms with van der Waals surface area (Å²) < 4.78 is 0. The number of likely N-dealkylation sites (N-methyl/N-ethyl adjacent to an activating group) is 1. The molecule has 1 atom stereocenters. The van der Waals surface area contributed by atoms with E-state index in [0.29, 0.717) is 18.5 Å². The highest BCUT2D eigenvalue weighted by Crippen LogP contribution is 2.21. The van der Waals surface area contributed by atoms with Crippen molar-refractivity contribution >= 4 is 23.5 Å². The van der Waals surface area contributed by atoms with Gasteiger partial charge >= 0.3 is 5.97 Å². The Morgan fingerprint density at radius 1 is 1.37 bits per heavy atom. The number of nitrogens with zero attached hydrogens (tertiary/aromatic N) is 1. The van der Waals surface area contributed by atoms with Gasteiger partial charge in [-0.05, 0) is 18.6 Å². The summed E-state index contributed by atoms with van der Waals surface area (Å²) in [7, 11) is 1.51. The van der Waals surface area contributed by atoms with Gasteiger partial charge in [-0.3, -0.25) is 9.59 Å². The number of para-hydroxylation sites is 1. The van der Waals surface area contributed by atoms with E-state index in [2.05, 4.69) is 5.32 Å². The summed E-state index contributed by atoms with van der Waals surface area (Å²) in [5, 5.41) is 11.7. The maximum Gasteiger partial charge on any atom is 0.337 e. The van der Waals surface area contributed by atoms with Gasteiger partial charge in [-0.15, -0.1) is 0 Å². The molecule has 1 aliphatic rings. The van der Waals surface area contributed by atoms with Crippen molar-refractivity contribution in [2.45, 2.75) is 18.9 Å². The summed E-state index contributed by atoms with van der Waals surface area (Å²) in [6.07, 6.45) is 0.766. The molecule has 6 nitrogen and oxygen atoms in total. The lowest BCUT2D eigenvalue weighted by Crippen LogP contribution is -2.43. The fourth-order valence-corrected chi connectivity index (χ4v) is 2.10. The highest BCUT2D eigenvalue weighted by Gasteiger charge is 2.30. The molecule has 0 bridgehead atoms. The van der Waals surface area contributed by atoms with Crippen molar-refractivity contribution in [2.24, 2.45) is 0 Å². The lowest BCUT2D eigenvalue weighted by atomic mass is 10.1. The van der Waals surface area contributed by atoms with Gasteiger partial charge in [0, 0.05) is 13.5 Å². The molecule has 2 N–H and O–H groups in total. The molecule has 0 aromatic heterocycles. The van der Waals surface area contributed by atoms with Gasteiger partial charge in [0.05, 0.1) is 11.3 Å². The molecule has 1 heterocycles. The van der Waals surface area contributed by atoms with E-state index in [9.17, 15) is 14.4 Å². The van der Waals surface area contributed by atoms with Crippen LogP contribution in [0.3, 0.4) is 0 Å². The largest absolute Gasteiger partial charge is 0.478 e. The van der Waals surface area contributed by atoms with Gasteiger partial charge in [-0.2, -0.15) is 0 Å². The smallest absolute Gasteiger partial charge is 0.337 e. The number of hydrogen-bond acceptors (Lipinski definition) is 3. The Balaban J connectivity index is 2.24. The second-order valence-electron chi connectivity index (χ2n) is 4.38. The molecule has 6 heteroatoms. The Kier molecular flexibility index (Phi) is 3.50. The number of amides is 2. The first-order valence-corrected chi connectivity index (χ1v) is 5.90. The minimum atomic E-state index is -1.09. The minimum Gasteiger partial charge on any atom is -0.478 e. The zero-order valence-electron chi connectivity index (χ0n) is 10.4. The molecule has 0 saturated carbocycles. The SMILES string of the molecule is CN(C(=O)[C@H]1CCC(=O)N1)c1ccccc1C(=O)O. The van der Waals surface area contributed by atoms with Gasteiger partial charge in [0.15, 0.2) is 0 Å². The molecule has 19 heavy (non-hydrogen) atoms. The molecule has 0 aliphatic carbocycles. The van der Waals surface area contributed by atoms with Crippen LogP contribution in [-0.4, -0.2) is 36.0 Å². The first-order chi connectivity index (χ1) is 9.00. The monoisotopic (exact) mass is 262 g/mol. The van der Waals surface area contributed by atoms with Gasteiger partial charge in [-0.25, -0.2) is 4.79 Å². The fourth-order valence-electron chi connectivity index (χ4n) is 2.10. The third-order valence-electron chi connectivity index (χ3n) is 3.12. The summed E-state index contributed by atoms with van der Waals surface area (Å²) in [6, 6.07) is 5.70. The molecular weight excluding hydrogens is 248 g/mol. The highest BCUT2D eigenvalue weighted by atomic mass is 16.4. The molecule has 1 aliphatic heterocycles. The summed E-state index contributed by atoms with van der Waals surface area (Å²) >= 11 is 0. The number of rotatable bonds is 3. The number of hydrogen-bond donors (Lipinski definition) is 2. The minimum absolute atomic E-state index is 0.0580. The Hall–Kier alpha value is -2.37. The van der Waals surface area contributed by atoms with Crippen LogP contribution < -0.4 is 10.2 Å². The quantitative estimate of drug-likeness (QED) is 0.836. The molecule has 0 radical (unpaired) electrons. The summed E-state index contributed by atoms with van der Waals surface area (Å²) in [4.78, 5) is 35.7. The van der Waals surface area contributed by atoms with Crippen LogP contribution in [0.25, 0.3) is 0 Å². The Bertz CT molecular complexity index is 541. The number of carbonyl (C=O) groups is 3. The van der Waals surface area contributed by atoms with Crippen molar-refractivity contribution in [2.75, 3.05) is 11.9 Å². The van der Waals surface area contributed by atoms with Crippen LogP contribution in [0.1, 0.15) is 23.2 Å². The molecule has 1 fully saturated rings. The van der Waals surface area contributed by atoms with Crippen LogP contribution in [0.2, 0.25) is 0 Å². The van der Waals surface area contributed by atoms with Gasteiger partial charge in [0.1, 0.15) is 6.04 Å². The fraction of sp³-hybridized carbons (Fsp3) is 0.308. The number of carboxylic acid groups (broad SMARTS) is 1. The first kappa shape index (κ1) is 13.1. The Morgan fingerprint density at radius 3 is 2.63 bits per heavy atom. The topological polar surface area (TPSA) is 86.7 Å². The lowest BCUT2D eigenvalue weighted by molar-refractivity contribution is -0.123. The van der Waals surface area contributed by atoms with E-state index in [-0.39, 0.29) is 17.4 Å². The predicted octanol–water partition coefficient (Wildman–Crippen LogP) is 0.626. The maximum absolute atomic E-state index is 12.2. The van der Waals surface area contributed by atoms with Gasteiger partial charge in [0.2, 0.25) is 11.8 Å². The van der Waals surface area contributed by atoms with E-state index in [1.54, 1.807) is 18.2 Å². The normalized spacial score (nSPS) is 17.9. The number of aromatic carboxylic acids is 1. The van der Waals surface area contributed by atoms with Crippen molar-refractivity contribution in [3.05, 3.63) is 29.8 Å². The van der Waals surface area contributed by atoms with Crippen LogP contribution >= 0.6 is 0 Å². The molecule has 2 rings (SSSR count). The number of nitrogens with one attached hydrogen (secondary N) is 1. The molecule has 2 amide bonds. The predicted molar refractivity (Wildman–Crippen MR) is 68.0 cm³/mol. The average Bonchev–Trinajstić information content (AvgIpc) is 2.83. The van der Waals surface area contributed by atoms with Crippen molar-refractivity contribution in [3.8, 4) is 0 Å². The van der Waals surface area contributed by atoms with Gasteiger partial charge in [-0.1, -0.05) is 12.1 Å². The summed E-state index contributed by atoms with van der Waals surface area (Å²) in [5.41, 5.74) is 0.379. The third kappa shape index (κ3) is 2.57. The first-order valence-electron chi connectivity index (χ1n) is 5.90. The third-order valence-corrected chi connectivity index (χ3v) is 3.12. The van der Waals surface area contributed by atoms with E-state index in [0.717, 1.165) is 0 Å². The number of carboxylic acids is 1. The number of benzene rings is 1. The van der Waals surface area contributed by atoms with E-state index < -0.39 is 12.0 Å². The zero-order valence-corrected chi connectivity index (χ0v) is 10.4. The maximum atomic E-state index is 12.2. The second-order valence-corrected chi connectivity index (χ2v) is 4.38. The standard InChI is InChI=1S/C13H14N2O4/c1-15(12(17)9-6-7-11(16)14-9)10-5-3-2-4-8(10)13(18)19/h2-5,9H,6-7H2,1H3,(H,14,16)(H,18,19)/t9-/m1/s1. The van der Waals surface area contributed by atoms with Crippen LogP contribution in [0.15, 0.2) is 24.3 Å². The van der Waals surface area contributed by atoms with E-state index >= 15 is 0 Å². The van der Waals surface area contributed by atoms with Crippen LogP contribution in [0, 0.1) is 0 Å². The highest BCUT2D eigenvalue weighted by molar-refractivity contribution is 6.05. The van der Waals surface area contributed by atoms with E-state index in [1.165, 1.54) is 18.0 Å². The molecular formula is C13H14N2O4. The van der Waals surface area contributed by atoms with E-state index in [1.807, 2.05) is 0 Å². The van der Waals surface area contributed by atoms with Crippen molar-refractivity contribution in [3.63, 3.8) is 0 Å². The second kappa shape index (κ2) is 5.09. The Morgan fingerprint density at radius 2 is 2.05 bits per heavy atom. The number of carbonyl (C=O) groups excluding carboxylic acids is 2.